The third kappa shape index (κ3) is 2.46. The van der Waals surface area contributed by atoms with Crippen LogP contribution in [0.2, 0.25) is 0 Å². The van der Waals surface area contributed by atoms with Gasteiger partial charge in [0.05, 0.1) is 6.26 Å². The van der Waals surface area contributed by atoms with Gasteiger partial charge in [0.25, 0.3) is 0 Å². The maximum Gasteiger partial charge on any atom is 0.192 e. The van der Waals surface area contributed by atoms with Gasteiger partial charge in [-0.2, -0.15) is 0 Å². The molecule has 0 bridgehead atoms. The Morgan fingerprint density at radius 2 is 2.11 bits per heavy atom. The first-order chi connectivity index (χ1) is 8.70. The van der Waals surface area contributed by atoms with E-state index in [2.05, 4.69) is 0 Å². The summed E-state index contributed by atoms with van der Waals surface area (Å²) in [6.45, 7) is 2.86. The Bertz CT molecular complexity index is 381. The van der Waals surface area contributed by atoms with E-state index < -0.39 is 11.6 Å². The fourth-order valence-electron chi connectivity index (χ4n) is 2.74. The third-order valence-electron chi connectivity index (χ3n) is 3.71. The van der Waals surface area contributed by atoms with Crippen LogP contribution >= 0.6 is 0 Å². The molecule has 1 unspecified atom stereocenters. The molecule has 18 heavy (non-hydrogen) atoms. The maximum atomic E-state index is 6.09. The van der Waals surface area contributed by atoms with E-state index in [1.54, 1.807) is 6.26 Å². The van der Waals surface area contributed by atoms with Crippen LogP contribution in [0.15, 0.2) is 22.8 Å². The van der Waals surface area contributed by atoms with Crippen molar-refractivity contribution in [3.63, 3.8) is 0 Å². The lowest BCUT2D eigenvalue weighted by Crippen LogP contribution is -2.38. The van der Waals surface area contributed by atoms with Crippen molar-refractivity contribution in [2.45, 2.75) is 57.2 Å². The molecule has 4 nitrogen and oxygen atoms in total. The molecular weight excluding hydrogens is 232 g/mol. The van der Waals surface area contributed by atoms with Crippen LogP contribution in [-0.2, 0) is 20.8 Å². The normalized spacial score (nSPS) is 30.9. The second-order valence-electron chi connectivity index (χ2n) is 5.36. The van der Waals surface area contributed by atoms with Gasteiger partial charge in [0.1, 0.15) is 19.0 Å². The molecule has 100 valence electrons. The van der Waals surface area contributed by atoms with E-state index in [9.17, 15) is 0 Å². The van der Waals surface area contributed by atoms with Gasteiger partial charge >= 0.3 is 0 Å². The molecule has 3 rings (SSSR count). The molecule has 1 saturated carbocycles. The van der Waals surface area contributed by atoms with Gasteiger partial charge in [-0.1, -0.05) is 6.42 Å². The zero-order valence-electron chi connectivity index (χ0n) is 10.8. The molecule has 1 aromatic heterocycles. The molecule has 1 aliphatic heterocycles. The number of hydrogen-bond acceptors (Lipinski definition) is 4. The molecule has 1 spiro atoms. The van der Waals surface area contributed by atoms with Crippen LogP contribution in [0.4, 0.5) is 0 Å². The molecule has 4 heteroatoms. The van der Waals surface area contributed by atoms with Gasteiger partial charge in [0.15, 0.2) is 11.6 Å². The summed E-state index contributed by atoms with van der Waals surface area (Å²) in [4.78, 5) is 0. The first-order valence-electron chi connectivity index (χ1n) is 6.70. The molecule has 1 saturated heterocycles. The molecule has 0 aromatic carbocycles. The van der Waals surface area contributed by atoms with Crippen LogP contribution in [0.1, 0.15) is 44.8 Å². The molecular formula is C14H20O4. The SMILES string of the molecule is CC1(OCc2ccco2)COC2(CCCCC2)O1. The van der Waals surface area contributed by atoms with E-state index in [1.807, 2.05) is 19.1 Å². The largest absolute Gasteiger partial charge is 0.467 e. The van der Waals surface area contributed by atoms with Crippen molar-refractivity contribution in [1.29, 1.82) is 0 Å². The minimum Gasteiger partial charge on any atom is -0.467 e. The molecule has 2 fully saturated rings. The van der Waals surface area contributed by atoms with Gasteiger partial charge in [-0.15, -0.1) is 0 Å². The monoisotopic (exact) mass is 252 g/mol. The predicted molar refractivity (Wildman–Crippen MR) is 64.8 cm³/mol. The van der Waals surface area contributed by atoms with Crippen molar-refractivity contribution in [2.24, 2.45) is 0 Å². The number of ether oxygens (including phenoxy) is 3. The molecule has 0 amide bonds. The van der Waals surface area contributed by atoms with Crippen LogP contribution in [-0.4, -0.2) is 18.2 Å². The Balaban J connectivity index is 1.59. The van der Waals surface area contributed by atoms with Crippen molar-refractivity contribution in [3.8, 4) is 0 Å². The Hall–Kier alpha value is -0.840. The molecule has 1 atom stereocenters. The van der Waals surface area contributed by atoms with E-state index in [-0.39, 0.29) is 0 Å². The summed E-state index contributed by atoms with van der Waals surface area (Å²) in [7, 11) is 0. The predicted octanol–water partition coefficient (Wildman–Crippen LogP) is 3.22. The van der Waals surface area contributed by atoms with Crippen LogP contribution in [0, 0.1) is 0 Å². The minimum absolute atomic E-state index is 0.393. The lowest BCUT2D eigenvalue weighted by molar-refractivity contribution is -0.271. The highest BCUT2D eigenvalue weighted by molar-refractivity contribution is 4.96. The first kappa shape index (κ1) is 12.2. The fourth-order valence-corrected chi connectivity index (χ4v) is 2.74. The Kier molecular flexibility index (Phi) is 3.18. The molecule has 2 aliphatic rings. The molecule has 2 heterocycles. The molecule has 0 N–H and O–H groups in total. The topological polar surface area (TPSA) is 40.8 Å². The van der Waals surface area contributed by atoms with E-state index in [0.29, 0.717) is 13.2 Å². The van der Waals surface area contributed by atoms with Crippen LogP contribution in [0.5, 0.6) is 0 Å². The zero-order chi connectivity index (χ0) is 12.5. The highest BCUT2D eigenvalue weighted by Crippen LogP contribution is 2.42. The van der Waals surface area contributed by atoms with Crippen molar-refractivity contribution >= 4 is 0 Å². The lowest BCUT2D eigenvalue weighted by atomic mass is 9.94. The van der Waals surface area contributed by atoms with Gasteiger partial charge in [-0.25, -0.2) is 0 Å². The van der Waals surface area contributed by atoms with Gasteiger partial charge in [0, 0.05) is 12.8 Å². The Labute approximate surface area is 107 Å². The second kappa shape index (κ2) is 4.68. The van der Waals surface area contributed by atoms with Gasteiger partial charge < -0.3 is 18.6 Å². The zero-order valence-corrected chi connectivity index (χ0v) is 10.8. The third-order valence-corrected chi connectivity index (χ3v) is 3.71. The molecule has 0 radical (unpaired) electrons. The van der Waals surface area contributed by atoms with Crippen LogP contribution in [0.3, 0.4) is 0 Å². The quantitative estimate of drug-likeness (QED) is 0.828. The lowest BCUT2D eigenvalue weighted by Gasteiger charge is -2.33. The van der Waals surface area contributed by atoms with Crippen molar-refractivity contribution < 1.29 is 18.6 Å². The van der Waals surface area contributed by atoms with Crippen LogP contribution in [0.25, 0.3) is 0 Å². The average molecular weight is 252 g/mol. The van der Waals surface area contributed by atoms with Crippen molar-refractivity contribution in [3.05, 3.63) is 24.2 Å². The average Bonchev–Trinajstić information content (AvgIpc) is 2.98. The first-order valence-corrected chi connectivity index (χ1v) is 6.70. The highest BCUT2D eigenvalue weighted by atomic mass is 16.8. The summed E-state index contributed by atoms with van der Waals surface area (Å²) < 4.78 is 23.1. The summed E-state index contributed by atoms with van der Waals surface area (Å²) in [5.74, 6) is -0.232. The van der Waals surface area contributed by atoms with Gasteiger partial charge in [-0.3, -0.25) is 0 Å². The summed E-state index contributed by atoms with van der Waals surface area (Å²) in [5.41, 5.74) is 0. The van der Waals surface area contributed by atoms with E-state index in [1.165, 1.54) is 19.3 Å². The summed E-state index contributed by atoms with van der Waals surface area (Å²) in [5, 5.41) is 0. The minimum atomic E-state index is -0.649. The summed E-state index contributed by atoms with van der Waals surface area (Å²) in [6, 6.07) is 3.76. The van der Waals surface area contributed by atoms with Gasteiger partial charge in [0.2, 0.25) is 0 Å². The van der Waals surface area contributed by atoms with E-state index >= 15 is 0 Å². The second-order valence-corrected chi connectivity index (χ2v) is 5.36. The Morgan fingerprint density at radius 1 is 1.28 bits per heavy atom. The Morgan fingerprint density at radius 3 is 2.83 bits per heavy atom. The smallest absolute Gasteiger partial charge is 0.192 e. The highest BCUT2D eigenvalue weighted by Gasteiger charge is 2.49. The maximum absolute atomic E-state index is 6.09. The standard InChI is InChI=1S/C14H20O4/c1-13(16-10-12-6-5-9-15-12)11-17-14(18-13)7-3-2-4-8-14/h5-6,9H,2-4,7-8,10-11H2,1H3. The van der Waals surface area contributed by atoms with Crippen molar-refractivity contribution in [1.82, 2.24) is 0 Å². The van der Waals surface area contributed by atoms with E-state index in [4.69, 9.17) is 18.6 Å². The number of rotatable bonds is 3. The fraction of sp³-hybridized carbons (Fsp3) is 0.714. The molecule has 1 aliphatic carbocycles. The van der Waals surface area contributed by atoms with Gasteiger partial charge in [-0.05, 0) is 31.9 Å². The summed E-state index contributed by atoms with van der Waals surface area (Å²) >= 11 is 0. The number of furan rings is 1. The van der Waals surface area contributed by atoms with E-state index in [0.717, 1.165) is 18.6 Å². The summed E-state index contributed by atoms with van der Waals surface area (Å²) in [6.07, 6.45) is 7.23. The number of hydrogen-bond donors (Lipinski definition) is 0. The molecule has 1 aromatic rings. The van der Waals surface area contributed by atoms with Crippen LogP contribution < -0.4 is 0 Å². The van der Waals surface area contributed by atoms with Crippen molar-refractivity contribution in [2.75, 3.05) is 6.61 Å².